The molecule has 0 unspecified atom stereocenters. The van der Waals surface area contributed by atoms with Gasteiger partial charge in [0, 0.05) is 11.6 Å². The number of hydrogen-bond acceptors (Lipinski definition) is 4. The molecular formula is C12H9FN2O2S. The minimum atomic E-state index is -1.11. The Labute approximate surface area is 107 Å². The molecule has 4 nitrogen and oxygen atoms in total. The van der Waals surface area contributed by atoms with E-state index in [0.29, 0.717) is 10.6 Å². The highest BCUT2D eigenvalue weighted by atomic mass is 32.2. The Balaban J connectivity index is 2.52. The average Bonchev–Trinajstić information content (AvgIpc) is 2.39. The van der Waals surface area contributed by atoms with Gasteiger partial charge in [-0.25, -0.2) is 19.2 Å². The van der Waals surface area contributed by atoms with Crippen LogP contribution in [0.1, 0.15) is 10.5 Å². The molecule has 0 radical (unpaired) electrons. The van der Waals surface area contributed by atoms with E-state index in [9.17, 15) is 9.18 Å². The van der Waals surface area contributed by atoms with Gasteiger partial charge in [-0.2, -0.15) is 0 Å². The summed E-state index contributed by atoms with van der Waals surface area (Å²) in [5.41, 5.74) is 0.503. The fraction of sp³-hybridized carbons (Fsp3) is 0.0833. The summed E-state index contributed by atoms with van der Waals surface area (Å²) < 4.78 is 12.8. The van der Waals surface area contributed by atoms with E-state index in [4.69, 9.17) is 5.11 Å². The molecule has 0 spiro atoms. The quantitative estimate of drug-likeness (QED) is 0.682. The van der Waals surface area contributed by atoms with Crippen LogP contribution in [-0.4, -0.2) is 27.3 Å². The summed E-state index contributed by atoms with van der Waals surface area (Å²) in [7, 11) is 0. The molecule has 0 atom stereocenters. The third kappa shape index (κ3) is 2.65. The van der Waals surface area contributed by atoms with Crippen molar-refractivity contribution in [1.82, 2.24) is 9.97 Å². The second-order valence-electron chi connectivity index (χ2n) is 3.43. The molecule has 92 valence electrons. The first kappa shape index (κ1) is 12.5. The lowest BCUT2D eigenvalue weighted by molar-refractivity contribution is 0.0690. The number of thioether (sulfide) groups is 1. The molecule has 2 aromatic rings. The average molecular weight is 264 g/mol. The van der Waals surface area contributed by atoms with E-state index >= 15 is 0 Å². The van der Waals surface area contributed by atoms with Crippen molar-refractivity contribution in [3.63, 3.8) is 0 Å². The molecule has 0 bridgehead atoms. The molecule has 1 N–H and O–H groups in total. The Morgan fingerprint density at radius 3 is 2.50 bits per heavy atom. The van der Waals surface area contributed by atoms with Gasteiger partial charge >= 0.3 is 5.97 Å². The van der Waals surface area contributed by atoms with Gasteiger partial charge in [-0.15, -0.1) is 11.8 Å². The maximum atomic E-state index is 12.8. The van der Waals surface area contributed by atoms with E-state index in [1.165, 1.54) is 42.1 Å². The van der Waals surface area contributed by atoms with Crippen LogP contribution in [0.25, 0.3) is 11.4 Å². The van der Waals surface area contributed by atoms with Crippen molar-refractivity contribution in [3.05, 3.63) is 41.8 Å². The minimum Gasteiger partial charge on any atom is -0.477 e. The molecule has 0 saturated heterocycles. The van der Waals surface area contributed by atoms with Crippen LogP contribution in [0.5, 0.6) is 0 Å². The van der Waals surface area contributed by atoms with Crippen LogP contribution in [-0.2, 0) is 0 Å². The standard InChI is InChI=1S/C12H9FN2O2S/c1-18-10-6-9(12(16)17)14-11(15-10)7-2-4-8(13)5-3-7/h2-6H,1H3,(H,16,17). The third-order valence-corrected chi connectivity index (χ3v) is 2.86. The lowest BCUT2D eigenvalue weighted by Gasteiger charge is -2.04. The molecule has 1 heterocycles. The molecule has 1 aromatic carbocycles. The summed E-state index contributed by atoms with van der Waals surface area (Å²) in [4.78, 5) is 19.1. The molecule has 6 heteroatoms. The fourth-order valence-electron chi connectivity index (χ4n) is 1.37. The van der Waals surface area contributed by atoms with Crippen LogP contribution >= 0.6 is 11.8 Å². The van der Waals surface area contributed by atoms with Gasteiger partial charge in [0.2, 0.25) is 0 Å². The van der Waals surface area contributed by atoms with Crippen molar-refractivity contribution in [3.8, 4) is 11.4 Å². The number of rotatable bonds is 3. The largest absolute Gasteiger partial charge is 0.477 e. The number of aromatic nitrogens is 2. The molecule has 0 aliphatic heterocycles. The highest BCUT2D eigenvalue weighted by molar-refractivity contribution is 7.98. The van der Waals surface area contributed by atoms with E-state index in [0.717, 1.165) is 0 Å². The van der Waals surface area contributed by atoms with Crippen LogP contribution in [0.4, 0.5) is 4.39 Å². The lowest BCUT2D eigenvalue weighted by Crippen LogP contribution is -2.03. The molecule has 0 saturated carbocycles. The second kappa shape index (κ2) is 5.14. The number of aromatic carboxylic acids is 1. The fourth-order valence-corrected chi connectivity index (χ4v) is 1.77. The zero-order chi connectivity index (χ0) is 13.1. The molecule has 0 aliphatic rings. The van der Waals surface area contributed by atoms with Gasteiger partial charge in [-0.3, -0.25) is 0 Å². The van der Waals surface area contributed by atoms with E-state index < -0.39 is 5.97 Å². The van der Waals surface area contributed by atoms with E-state index in [2.05, 4.69) is 9.97 Å². The molecule has 2 rings (SSSR count). The van der Waals surface area contributed by atoms with Gasteiger partial charge in [0.25, 0.3) is 0 Å². The summed E-state index contributed by atoms with van der Waals surface area (Å²) in [6.45, 7) is 0. The number of carbonyl (C=O) groups is 1. The zero-order valence-electron chi connectivity index (χ0n) is 9.42. The minimum absolute atomic E-state index is 0.0753. The number of benzene rings is 1. The predicted molar refractivity (Wildman–Crippen MR) is 66.2 cm³/mol. The number of halogens is 1. The van der Waals surface area contributed by atoms with Crippen molar-refractivity contribution >= 4 is 17.7 Å². The van der Waals surface area contributed by atoms with Gasteiger partial charge in [0.1, 0.15) is 10.8 Å². The summed E-state index contributed by atoms with van der Waals surface area (Å²) in [5, 5.41) is 9.52. The van der Waals surface area contributed by atoms with E-state index in [-0.39, 0.29) is 17.3 Å². The van der Waals surface area contributed by atoms with Gasteiger partial charge in [0.15, 0.2) is 11.5 Å². The van der Waals surface area contributed by atoms with Crippen molar-refractivity contribution in [2.45, 2.75) is 5.03 Å². The Kier molecular flexibility index (Phi) is 3.57. The summed E-state index contributed by atoms with van der Waals surface area (Å²) in [6.07, 6.45) is 1.79. The Morgan fingerprint density at radius 1 is 1.28 bits per heavy atom. The first-order chi connectivity index (χ1) is 8.60. The topological polar surface area (TPSA) is 63.1 Å². The highest BCUT2D eigenvalue weighted by Crippen LogP contribution is 2.20. The Morgan fingerprint density at radius 2 is 1.94 bits per heavy atom. The van der Waals surface area contributed by atoms with Gasteiger partial charge in [-0.05, 0) is 30.5 Å². The maximum absolute atomic E-state index is 12.8. The normalized spacial score (nSPS) is 10.3. The molecular weight excluding hydrogens is 255 g/mol. The number of carboxylic acid groups (broad SMARTS) is 1. The van der Waals surface area contributed by atoms with Crippen LogP contribution in [0.15, 0.2) is 35.4 Å². The number of nitrogens with zero attached hydrogens (tertiary/aromatic N) is 2. The first-order valence-electron chi connectivity index (χ1n) is 5.02. The van der Waals surface area contributed by atoms with Crippen molar-refractivity contribution in [1.29, 1.82) is 0 Å². The molecule has 18 heavy (non-hydrogen) atoms. The SMILES string of the molecule is CSc1cc(C(=O)O)nc(-c2ccc(F)cc2)n1. The number of carboxylic acids is 1. The molecule has 0 aliphatic carbocycles. The van der Waals surface area contributed by atoms with Crippen LogP contribution in [0, 0.1) is 5.82 Å². The Bertz CT molecular complexity index is 587. The summed E-state index contributed by atoms with van der Waals surface area (Å²) in [6, 6.07) is 7.00. The van der Waals surface area contributed by atoms with Crippen LogP contribution < -0.4 is 0 Å². The van der Waals surface area contributed by atoms with Crippen LogP contribution in [0.3, 0.4) is 0 Å². The highest BCUT2D eigenvalue weighted by Gasteiger charge is 2.11. The molecule has 1 aromatic heterocycles. The summed E-state index contributed by atoms with van der Waals surface area (Å²) in [5.74, 6) is -1.20. The lowest BCUT2D eigenvalue weighted by atomic mass is 10.2. The van der Waals surface area contributed by atoms with E-state index in [1.807, 2.05) is 0 Å². The maximum Gasteiger partial charge on any atom is 0.354 e. The zero-order valence-corrected chi connectivity index (χ0v) is 10.2. The number of hydrogen-bond donors (Lipinski definition) is 1. The van der Waals surface area contributed by atoms with Crippen molar-refractivity contribution < 1.29 is 14.3 Å². The van der Waals surface area contributed by atoms with E-state index in [1.54, 1.807) is 6.26 Å². The molecule has 0 fully saturated rings. The smallest absolute Gasteiger partial charge is 0.354 e. The predicted octanol–water partition coefficient (Wildman–Crippen LogP) is 2.70. The van der Waals surface area contributed by atoms with Gasteiger partial charge < -0.3 is 5.11 Å². The monoisotopic (exact) mass is 264 g/mol. The summed E-state index contributed by atoms with van der Waals surface area (Å²) >= 11 is 1.32. The van der Waals surface area contributed by atoms with Crippen molar-refractivity contribution in [2.75, 3.05) is 6.26 Å². The first-order valence-corrected chi connectivity index (χ1v) is 6.25. The van der Waals surface area contributed by atoms with Gasteiger partial charge in [-0.1, -0.05) is 0 Å². The van der Waals surface area contributed by atoms with Gasteiger partial charge in [0.05, 0.1) is 0 Å². The molecule has 0 amide bonds. The van der Waals surface area contributed by atoms with Crippen LogP contribution in [0.2, 0.25) is 0 Å². The second-order valence-corrected chi connectivity index (χ2v) is 4.26. The van der Waals surface area contributed by atoms with Crippen molar-refractivity contribution in [2.24, 2.45) is 0 Å². The third-order valence-electron chi connectivity index (χ3n) is 2.23. The Hall–Kier alpha value is -1.95.